The second kappa shape index (κ2) is 4.16. The lowest BCUT2D eigenvalue weighted by molar-refractivity contribution is -0.910. The molecule has 0 amide bonds. The first-order valence-corrected chi connectivity index (χ1v) is 5.50. The Morgan fingerprint density at radius 2 is 2.00 bits per heavy atom. The fourth-order valence-corrected chi connectivity index (χ4v) is 1.51. The molecule has 0 saturated carbocycles. The Morgan fingerprint density at radius 3 is 2.40 bits per heavy atom. The largest absolute Gasteiger partial charge is 0.326 e. The molecule has 0 saturated heterocycles. The molecule has 0 atom stereocenters. The predicted octanol–water partition coefficient (Wildman–Crippen LogP) is 2.34. The zero-order valence-electron chi connectivity index (χ0n) is 10.1. The normalized spacial score (nSPS) is 20.9. The van der Waals surface area contributed by atoms with Crippen molar-refractivity contribution >= 4 is 5.71 Å². The second-order valence-corrected chi connectivity index (χ2v) is 5.13. The minimum atomic E-state index is -2.64. The van der Waals surface area contributed by atoms with Crippen LogP contribution in [0.2, 0.25) is 0 Å². The minimum absolute atomic E-state index is 0.0998. The molecule has 2 nitrogen and oxygen atoms in total. The van der Waals surface area contributed by atoms with Crippen molar-refractivity contribution in [2.45, 2.75) is 38.7 Å². The topological polar surface area (TPSA) is 12.4 Å². The third-order valence-electron chi connectivity index (χ3n) is 3.47. The molecule has 4 heteroatoms. The van der Waals surface area contributed by atoms with Crippen LogP contribution >= 0.6 is 0 Å². The first-order chi connectivity index (χ1) is 6.76. The smallest absolute Gasteiger partial charge is 0.287 e. The number of hydrogen-bond donors (Lipinski definition) is 0. The van der Waals surface area contributed by atoms with E-state index in [2.05, 4.69) is 32.9 Å². The van der Waals surface area contributed by atoms with Crippen LogP contribution in [0.15, 0.2) is 4.99 Å². The van der Waals surface area contributed by atoms with E-state index in [0.717, 1.165) is 11.0 Å². The SMILES string of the molecule is CC(C)[N+](C)(C)CCC1=NCCC1(F)F. The lowest BCUT2D eigenvalue weighted by Crippen LogP contribution is -2.47. The van der Waals surface area contributed by atoms with E-state index in [1.54, 1.807) is 0 Å². The first kappa shape index (κ1) is 12.6. The molecule has 0 aliphatic carbocycles. The summed E-state index contributed by atoms with van der Waals surface area (Å²) in [7, 11) is 4.14. The molecular weight excluding hydrogens is 198 g/mol. The van der Waals surface area contributed by atoms with E-state index in [4.69, 9.17) is 0 Å². The number of halogens is 2. The van der Waals surface area contributed by atoms with Gasteiger partial charge in [-0.2, -0.15) is 8.78 Å². The summed E-state index contributed by atoms with van der Waals surface area (Å²) in [5, 5.41) is 0. The highest BCUT2D eigenvalue weighted by Crippen LogP contribution is 2.28. The molecule has 0 radical (unpaired) electrons. The summed E-state index contributed by atoms with van der Waals surface area (Å²) in [6, 6.07) is 0.445. The van der Waals surface area contributed by atoms with E-state index in [0.29, 0.717) is 12.5 Å². The van der Waals surface area contributed by atoms with Crippen molar-refractivity contribution < 1.29 is 13.3 Å². The molecule has 1 aliphatic heterocycles. The molecule has 0 bridgehead atoms. The summed E-state index contributed by atoms with van der Waals surface area (Å²) in [5.41, 5.74) is 0.106. The van der Waals surface area contributed by atoms with Crippen molar-refractivity contribution in [1.29, 1.82) is 0 Å². The van der Waals surface area contributed by atoms with Crippen LogP contribution in [0.1, 0.15) is 26.7 Å². The zero-order chi connectivity index (χ0) is 11.7. The third kappa shape index (κ3) is 2.97. The second-order valence-electron chi connectivity index (χ2n) is 5.13. The van der Waals surface area contributed by atoms with E-state index >= 15 is 0 Å². The van der Waals surface area contributed by atoms with Crippen LogP contribution in [0.3, 0.4) is 0 Å². The molecule has 0 unspecified atom stereocenters. The third-order valence-corrected chi connectivity index (χ3v) is 3.47. The Kier molecular flexibility index (Phi) is 3.48. The number of nitrogens with zero attached hydrogens (tertiary/aromatic N) is 2. The number of aliphatic imine (C=N–C) groups is 1. The highest BCUT2D eigenvalue weighted by molar-refractivity contribution is 5.92. The van der Waals surface area contributed by atoms with Gasteiger partial charge in [-0.05, 0) is 13.8 Å². The van der Waals surface area contributed by atoms with Gasteiger partial charge in [0.2, 0.25) is 0 Å². The predicted molar refractivity (Wildman–Crippen MR) is 58.6 cm³/mol. The van der Waals surface area contributed by atoms with E-state index in [-0.39, 0.29) is 18.7 Å². The maximum absolute atomic E-state index is 13.2. The van der Waals surface area contributed by atoms with Gasteiger partial charge in [0.05, 0.1) is 32.4 Å². The van der Waals surface area contributed by atoms with Gasteiger partial charge in [0, 0.05) is 19.4 Å². The lowest BCUT2D eigenvalue weighted by Gasteiger charge is -2.34. The molecule has 1 heterocycles. The summed E-state index contributed by atoms with van der Waals surface area (Å²) in [5.74, 6) is -2.64. The molecule has 0 aromatic carbocycles. The number of quaternary nitrogens is 1. The first-order valence-electron chi connectivity index (χ1n) is 5.50. The summed E-state index contributed by atoms with van der Waals surface area (Å²) in [6.45, 7) is 5.23. The Balaban J connectivity index is 2.51. The monoisotopic (exact) mass is 219 g/mol. The Morgan fingerprint density at radius 1 is 1.40 bits per heavy atom. The van der Waals surface area contributed by atoms with Gasteiger partial charge in [-0.3, -0.25) is 4.99 Å². The number of rotatable bonds is 4. The van der Waals surface area contributed by atoms with Gasteiger partial charge >= 0.3 is 0 Å². The highest BCUT2D eigenvalue weighted by atomic mass is 19.3. The molecule has 0 spiro atoms. The summed E-state index contributed by atoms with van der Waals surface area (Å²) < 4.78 is 27.3. The summed E-state index contributed by atoms with van der Waals surface area (Å²) in [6.07, 6.45) is 0.315. The zero-order valence-corrected chi connectivity index (χ0v) is 10.1. The average molecular weight is 219 g/mol. The van der Waals surface area contributed by atoms with Crippen LogP contribution in [0.5, 0.6) is 0 Å². The summed E-state index contributed by atoms with van der Waals surface area (Å²) in [4.78, 5) is 3.91. The van der Waals surface area contributed by atoms with E-state index in [1.165, 1.54) is 0 Å². The Hall–Kier alpha value is -0.510. The van der Waals surface area contributed by atoms with Crippen LogP contribution in [0.4, 0.5) is 8.78 Å². The van der Waals surface area contributed by atoms with Gasteiger partial charge in [-0.15, -0.1) is 0 Å². The van der Waals surface area contributed by atoms with Gasteiger partial charge in [0.15, 0.2) is 0 Å². The van der Waals surface area contributed by atoms with Crippen LogP contribution in [0, 0.1) is 0 Å². The fourth-order valence-electron chi connectivity index (χ4n) is 1.51. The maximum Gasteiger partial charge on any atom is 0.287 e. The number of hydrogen-bond acceptors (Lipinski definition) is 1. The minimum Gasteiger partial charge on any atom is -0.326 e. The van der Waals surface area contributed by atoms with Crippen molar-refractivity contribution in [3.63, 3.8) is 0 Å². The van der Waals surface area contributed by atoms with Crippen molar-refractivity contribution in [2.24, 2.45) is 4.99 Å². The lowest BCUT2D eigenvalue weighted by atomic mass is 10.1. The van der Waals surface area contributed by atoms with Gasteiger partial charge < -0.3 is 4.48 Å². The van der Waals surface area contributed by atoms with Crippen LogP contribution in [0.25, 0.3) is 0 Å². The molecule has 88 valence electrons. The molecule has 15 heavy (non-hydrogen) atoms. The van der Waals surface area contributed by atoms with E-state index in [9.17, 15) is 8.78 Å². The highest BCUT2D eigenvalue weighted by Gasteiger charge is 2.39. The molecule has 0 aromatic rings. The van der Waals surface area contributed by atoms with Crippen molar-refractivity contribution in [1.82, 2.24) is 0 Å². The molecule has 0 aromatic heterocycles. The van der Waals surface area contributed by atoms with Crippen molar-refractivity contribution in [2.75, 3.05) is 27.2 Å². The van der Waals surface area contributed by atoms with Crippen molar-refractivity contribution in [3.05, 3.63) is 0 Å². The van der Waals surface area contributed by atoms with Gasteiger partial charge in [0.25, 0.3) is 5.92 Å². The molecule has 0 fully saturated rings. The molecule has 1 rings (SSSR count). The van der Waals surface area contributed by atoms with Gasteiger partial charge in [0.1, 0.15) is 0 Å². The maximum atomic E-state index is 13.2. The van der Waals surface area contributed by atoms with Crippen LogP contribution < -0.4 is 0 Å². The van der Waals surface area contributed by atoms with Gasteiger partial charge in [-0.25, -0.2) is 0 Å². The average Bonchev–Trinajstić information content (AvgIpc) is 2.41. The van der Waals surface area contributed by atoms with Crippen LogP contribution in [-0.4, -0.2) is 49.3 Å². The Labute approximate surface area is 90.6 Å². The van der Waals surface area contributed by atoms with Crippen LogP contribution in [-0.2, 0) is 0 Å². The standard InChI is InChI=1S/C11H21F2N2/c1-9(2)15(3,4)8-5-10-11(12,13)6-7-14-10/h9H,5-8H2,1-4H3/q+1. The van der Waals surface area contributed by atoms with Gasteiger partial charge in [-0.1, -0.05) is 0 Å². The van der Waals surface area contributed by atoms with Crippen molar-refractivity contribution in [3.8, 4) is 0 Å². The number of alkyl halides is 2. The molecule has 0 N–H and O–H groups in total. The molecular formula is C11H21F2N2+. The fraction of sp³-hybridized carbons (Fsp3) is 0.909. The van der Waals surface area contributed by atoms with E-state index in [1.807, 2.05) is 0 Å². The Bertz CT molecular complexity index is 257. The quantitative estimate of drug-likeness (QED) is 0.644. The summed E-state index contributed by atoms with van der Waals surface area (Å²) >= 11 is 0. The molecule has 1 aliphatic rings. The van der Waals surface area contributed by atoms with E-state index < -0.39 is 5.92 Å².